The van der Waals surface area contributed by atoms with E-state index in [-0.39, 0.29) is 23.3 Å². The Bertz CT molecular complexity index is 1810. The molecule has 2 aliphatic carbocycles. The number of aromatic nitrogens is 2. The van der Waals surface area contributed by atoms with Crippen molar-refractivity contribution < 1.29 is 9.47 Å². The van der Waals surface area contributed by atoms with Gasteiger partial charge in [0, 0.05) is 58.2 Å². The van der Waals surface area contributed by atoms with Crippen molar-refractivity contribution in [3.8, 4) is 11.5 Å². The minimum atomic E-state index is -0.119. The lowest BCUT2D eigenvalue weighted by Crippen LogP contribution is -2.27. The van der Waals surface area contributed by atoms with Crippen molar-refractivity contribution in [2.45, 2.75) is 87.7 Å². The predicted molar refractivity (Wildman–Crippen MR) is 171 cm³/mol. The van der Waals surface area contributed by atoms with Gasteiger partial charge in [-0.05, 0) is 98.5 Å². The second kappa shape index (κ2) is 9.73. The molecule has 2 spiro atoms. The Labute approximate surface area is 263 Å². The molecule has 8 atom stereocenters. The van der Waals surface area contributed by atoms with Crippen molar-refractivity contribution in [1.29, 1.82) is 0 Å². The maximum Gasteiger partial charge on any atom is 0.255 e. The van der Waals surface area contributed by atoms with Crippen molar-refractivity contribution in [2.24, 2.45) is 10.8 Å². The van der Waals surface area contributed by atoms with Gasteiger partial charge in [-0.15, -0.1) is 0 Å². The van der Waals surface area contributed by atoms with Gasteiger partial charge >= 0.3 is 0 Å². The summed E-state index contributed by atoms with van der Waals surface area (Å²) in [6.07, 6.45) is 13.7. The summed E-state index contributed by atoms with van der Waals surface area (Å²) in [6, 6.07) is 13.5. The first-order chi connectivity index (χ1) is 21.3. The van der Waals surface area contributed by atoms with Crippen molar-refractivity contribution in [2.75, 3.05) is 0 Å². The molecule has 6 aliphatic rings. The first-order valence-electron chi connectivity index (χ1n) is 15.8. The third kappa shape index (κ3) is 4.25. The molecule has 228 valence electrons. The molecule has 4 bridgehead atoms. The van der Waals surface area contributed by atoms with Crippen LogP contribution in [-0.2, 0) is 0 Å². The SMILES string of the molecule is O=c1[nH]ccc2cc(OC3CC34C[C@@H]3CC[C@H]4N3)c(Cl)cc12.O=c1[nH]ccc2cc(OC3CC34C[C@@H]3CC[C@H]4N3)c(Cl)cc12. The molecule has 6 fully saturated rings. The summed E-state index contributed by atoms with van der Waals surface area (Å²) in [5.41, 5.74) is 0.419. The van der Waals surface area contributed by atoms with Crippen molar-refractivity contribution in [3.63, 3.8) is 0 Å². The van der Waals surface area contributed by atoms with Crippen molar-refractivity contribution >= 4 is 44.7 Å². The van der Waals surface area contributed by atoms with Gasteiger partial charge in [-0.2, -0.15) is 0 Å². The number of ether oxygens (including phenoxy) is 2. The first-order valence-corrected chi connectivity index (χ1v) is 16.5. The second-order valence-electron chi connectivity index (χ2n) is 13.8. The zero-order valence-corrected chi connectivity index (χ0v) is 25.6. The molecule has 2 aromatic carbocycles. The summed E-state index contributed by atoms with van der Waals surface area (Å²) in [7, 11) is 0. The Morgan fingerprint density at radius 2 is 1.09 bits per heavy atom. The molecule has 4 unspecified atom stereocenters. The number of halogens is 2. The van der Waals surface area contributed by atoms with E-state index in [4.69, 9.17) is 32.7 Å². The molecule has 4 aromatic rings. The van der Waals surface area contributed by atoms with Crippen LogP contribution in [0.15, 0.2) is 58.4 Å². The Morgan fingerprint density at radius 1 is 0.636 bits per heavy atom. The van der Waals surface area contributed by atoms with Crippen LogP contribution in [0.25, 0.3) is 21.5 Å². The van der Waals surface area contributed by atoms with E-state index in [1.165, 1.54) is 38.5 Å². The van der Waals surface area contributed by atoms with E-state index in [9.17, 15) is 9.59 Å². The number of rotatable bonds is 4. The van der Waals surface area contributed by atoms with Crippen LogP contribution in [-0.4, -0.2) is 46.3 Å². The van der Waals surface area contributed by atoms with Gasteiger partial charge < -0.3 is 30.1 Å². The predicted octanol–water partition coefficient (Wildman–Crippen LogP) is 5.69. The summed E-state index contributed by atoms with van der Waals surface area (Å²) in [6.45, 7) is 0. The van der Waals surface area contributed by atoms with Gasteiger partial charge in [0.2, 0.25) is 0 Å². The average Bonchev–Trinajstić information content (AvgIpc) is 3.47. The number of nitrogens with one attached hydrogen (secondary N) is 4. The van der Waals surface area contributed by atoms with Gasteiger partial charge in [-0.25, -0.2) is 0 Å². The number of aromatic amines is 2. The van der Waals surface area contributed by atoms with E-state index < -0.39 is 0 Å². The van der Waals surface area contributed by atoms with Crippen LogP contribution < -0.4 is 31.2 Å². The lowest BCUT2D eigenvalue weighted by molar-refractivity contribution is 0.219. The first kappa shape index (κ1) is 27.3. The molecule has 4 saturated heterocycles. The maximum atomic E-state index is 11.8. The molecule has 2 aromatic heterocycles. The van der Waals surface area contributed by atoms with Gasteiger partial charge in [0.05, 0.1) is 10.0 Å². The van der Waals surface area contributed by atoms with Crippen molar-refractivity contribution in [1.82, 2.24) is 20.6 Å². The number of hydrogen-bond acceptors (Lipinski definition) is 6. The van der Waals surface area contributed by atoms with Crippen LogP contribution in [0.2, 0.25) is 10.0 Å². The highest BCUT2D eigenvalue weighted by Crippen LogP contribution is 2.62. The minimum Gasteiger partial charge on any atom is -0.488 e. The smallest absolute Gasteiger partial charge is 0.255 e. The molecule has 4 aliphatic heterocycles. The van der Waals surface area contributed by atoms with E-state index in [1.807, 2.05) is 24.3 Å². The fourth-order valence-electron chi connectivity index (χ4n) is 8.99. The zero-order valence-electron chi connectivity index (χ0n) is 24.1. The highest BCUT2D eigenvalue weighted by atomic mass is 35.5. The molecular weight excluding hydrogens is 599 g/mol. The molecule has 8 nitrogen and oxygen atoms in total. The molecule has 0 radical (unpaired) electrons. The summed E-state index contributed by atoms with van der Waals surface area (Å²) in [4.78, 5) is 28.9. The molecule has 10 rings (SSSR count). The fourth-order valence-corrected chi connectivity index (χ4v) is 9.40. The Balaban J connectivity index is 0.000000123. The number of H-pyrrole nitrogens is 2. The lowest BCUT2D eigenvalue weighted by Gasteiger charge is -2.21. The molecule has 44 heavy (non-hydrogen) atoms. The largest absolute Gasteiger partial charge is 0.488 e. The van der Waals surface area contributed by atoms with Crippen LogP contribution in [0.1, 0.15) is 51.4 Å². The Morgan fingerprint density at radius 3 is 1.48 bits per heavy atom. The summed E-state index contributed by atoms with van der Waals surface area (Å²) < 4.78 is 12.4. The van der Waals surface area contributed by atoms with Crippen LogP contribution in [0.4, 0.5) is 0 Å². The third-order valence-corrected chi connectivity index (χ3v) is 12.0. The third-order valence-electron chi connectivity index (χ3n) is 11.4. The van der Waals surface area contributed by atoms with Crippen LogP contribution >= 0.6 is 23.2 Å². The quantitative estimate of drug-likeness (QED) is 0.230. The summed E-state index contributed by atoms with van der Waals surface area (Å²) in [5.74, 6) is 1.40. The average molecular weight is 634 g/mol. The van der Waals surface area contributed by atoms with Crippen LogP contribution in [0, 0.1) is 10.8 Å². The monoisotopic (exact) mass is 632 g/mol. The van der Waals surface area contributed by atoms with E-state index >= 15 is 0 Å². The highest BCUT2D eigenvalue weighted by Gasteiger charge is 2.68. The molecule has 10 heteroatoms. The number of fused-ring (bicyclic) bond motifs is 8. The lowest BCUT2D eigenvalue weighted by atomic mass is 9.86. The Hall–Kier alpha value is -3.04. The van der Waals surface area contributed by atoms with Crippen molar-refractivity contribution in [3.05, 3.63) is 79.5 Å². The second-order valence-corrected chi connectivity index (χ2v) is 14.7. The van der Waals surface area contributed by atoms with E-state index in [1.54, 1.807) is 24.5 Å². The summed E-state index contributed by atoms with van der Waals surface area (Å²) >= 11 is 12.7. The molecule has 6 heterocycles. The van der Waals surface area contributed by atoms with Gasteiger partial charge in [-0.3, -0.25) is 9.59 Å². The molecular formula is C34H34Cl2N4O4. The van der Waals surface area contributed by atoms with E-state index in [2.05, 4.69) is 20.6 Å². The van der Waals surface area contributed by atoms with Crippen LogP contribution in [0.5, 0.6) is 11.5 Å². The number of hydrogen-bond donors (Lipinski definition) is 4. The normalized spacial score (nSPS) is 35.4. The zero-order chi connectivity index (χ0) is 29.8. The van der Waals surface area contributed by atoms with E-state index in [0.717, 1.165) is 23.6 Å². The maximum absolute atomic E-state index is 11.8. The van der Waals surface area contributed by atoms with Gasteiger partial charge in [0.15, 0.2) is 0 Å². The van der Waals surface area contributed by atoms with Gasteiger partial charge in [-0.1, -0.05) is 23.2 Å². The van der Waals surface area contributed by atoms with Gasteiger partial charge in [0.1, 0.15) is 23.7 Å². The molecule has 0 amide bonds. The minimum absolute atomic E-state index is 0.119. The highest BCUT2D eigenvalue weighted by molar-refractivity contribution is 6.33. The standard InChI is InChI=1S/2C17H17ClN2O2/c2*18-12-6-11-9(3-4-19-16(11)21)5-13(12)22-15-8-17(15)7-10-1-2-14(17)20-10/h2*3-6,10,14-15,20H,1-2,7-8H2,(H,19,21)/t2*10-,14+,15?,17?/m00/s1. The molecule has 4 N–H and O–H groups in total. The fraction of sp³-hybridized carbons (Fsp3) is 0.471. The summed E-state index contributed by atoms with van der Waals surface area (Å²) in [5, 5.41) is 11.3. The Kier molecular flexibility index (Phi) is 6.03. The number of benzene rings is 2. The number of pyridine rings is 2. The topological polar surface area (TPSA) is 108 Å². The van der Waals surface area contributed by atoms with E-state index in [0.29, 0.717) is 67.3 Å². The van der Waals surface area contributed by atoms with Crippen LogP contribution in [0.3, 0.4) is 0 Å². The molecule has 2 saturated carbocycles. The van der Waals surface area contributed by atoms with Gasteiger partial charge in [0.25, 0.3) is 11.1 Å².